The molecule has 14 heavy (non-hydrogen) atoms. The van der Waals surface area contributed by atoms with E-state index in [0.717, 1.165) is 11.3 Å². The quantitative estimate of drug-likeness (QED) is 0.739. The minimum atomic E-state index is 0.635. The predicted octanol–water partition coefficient (Wildman–Crippen LogP) is 3.01. The summed E-state index contributed by atoms with van der Waals surface area (Å²) in [5.41, 5.74) is 1.77. The van der Waals surface area contributed by atoms with Gasteiger partial charge < -0.3 is 5.32 Å². The third-order valence-electron chi connectivity index (χ3n) is 1.10. The van der Waals surface area contributed by atoms with E-state index in [1.165, 1.54) is 0 Å². The van der Waals surface area contributed by atoms with Crippen LogP contribution in [0, 0.1) is 6.92 Å². The highest BCUT2D eigenvalue weighted by Crippen LogP contribution is 2.04. The van der Waals surface area contributed by atoms with Crippen LogP contribution in [0.5, 0.6) is 0 Å². The lowest BCUT2D eigenvalue weighted by atomic mass is 10.3. The summed E-state index contributed by atoms with van der Waals surface area (Å²) in [6.07, 6.45) is 3.97. The second-order valence-electron chi connectivity index (χ2n) is 2.01. The molecule has 0 bridgehead atoms. The van der Waals surface area contributed by atoms with Crippen molar-refractivity contribution in [3.63, 3.8) is 0 Å². The lowest BCUT2D eigenvalue weighted by Gasteiger charge is -1.96. The Morgan fingerprint density at radius 3 is 2.21 bits per heavy atom. The number of hydrogen-bond donors (Lipinski definition) is 1. The highest BCUT2D eigenvalue weighted by Gasteiger charge is 1.88. The fourth-order valence-corrected chi connectivity index (χ4v) is 0.702. The van der Waals surface area contributed by atoms with E-state index in [-0.39, 0.29) is 0 Å². The summed E-state index contributed by atoms with van der Waals surface area (Å²) in [5.74, 6) is 0. The second-order valence-corrected chi connectivity index (χ2v) is 2.01. The Morgan fingerprint density at radius 1 is 1.21 bits per heavy atom. The fourth-order valence-electron chi connectivity index (χ4n) is 0.702. The lowest BCUT2D eigenvalue weighted by molar-refractivity contribution is -0.105. The van der Waals surface area contributed by atoms with Gasteiger partial charge in [0.1, 0.15) is 0 Å². The molecule has 0 atom stereocenters. The van der Waals surface area contributed by atoms with E-state index in [9.17, 15) is 4.79 Å². The Morgan fingerprint density at radius 2 is 1.79 bits per heavy atom. The number of carbonyl (C=O) groups is 1. The Labute approximate surface area is 86.6 Å². The molecule has 1 aromatic rings. The van der Waals surface area contributed by atoms with Crippen molar-refractivity contribution >= 4 is 12.1 Å². The number of nitrogens with zero attached hydrogens (tertiary/aromatic N) is 1. The van der Waals surface area contributed by atoms with Gasteiger partial charge in [-0.05, 0) is 18.6 Å². The zero-order valence-corrected chi connectivity index (χ0v) is 9.66. The molecule has 0 saturated carbocycles. The average Bonchev–Trinajstić information content (AvgIpc) is 2.24. The predicted molar refractivity (Wildman–Crippen MR) is 61.4 cm³/mol. The van der Waals surface area contributed by atoms with E-state index in [4.69, 9.17) is 0 Å². The maximum absolute atomic E-state index is 9.95. The van der Waals surface area contributed by atoms with Crippen molar-refractivity contribution in [1.82, 2.24) is 4.98 Å². The Balaban J connectivity index is 0. The van der Waals surface area contributed by atoms with Crippen molar-refractivity contribution in [3.05, 3.63) is 24.0 Å². The number of aromatic nitrogens is 1. The van der Waals surface area contributed by atoms with Gasteiger partial charge in [-0.1, -0.05) is 27.7 Å². The molecule has 1 amide bonds. The minimum Gasteiger partial charge on any atom is -0.327 e. The summed E-state index contributed by atoms with van der Waals surface area (Å²) in [6.45, 7) is 9.92. The van der Waals surface area contributed by atoms with Crippen LogP contribution in [0.4, 0.5) is 5.69 Å². The zero-order valence-electron chi connectivity index (χ0n) is 9.66. The van der Waals surface area contributed by atoms with E-state index in [2.05, 4.69) is 10.3 Å². The van der Waals surface area contributed by atoms with Gasteiger partial charge in [0.15, 0.2) is 0 Å². The Bertz CT molecular complexity index is 236. The normalized spacial score (nSPS) is 7.21. The molecule has 0 saturated heterocycles. The number of anilines is 1. The van der Waals surface area contributed by atoms with Crippen molar-refractivity contribution < 1.29 is 4.79 Å². The van der Waals surface area contributed by atoms with Crippen LogP contribution in [-0.4, -0.2) is 11.4 Å². The minimum absolute atomic E-state index is 0.635. The van der Waals surface area contributed by atoms with Crippen molar-refractivity contribution in [3.8, 4) is 0 Å². The third kappa shape index (κ3) is 7.28. The number of pyridine rings is 1. The summed E-state index contributed by atoms with van der Waals surface area (Å²) in [6, 6.07) is 1.85. The molecule has 0 aliphatic carbocycles. The van der Waals surface area contributed by atoms with Gasteiger partial charge in [-0.25, -0.2) is 0 Å². The van der Waals surface area contributed by atoms with E-state index in [1.54, 1.807) is 12.4 Å². The zero-order chi connectivity index (χ0) is 11.4. The first-order valence-corrected chi connectivity index (χ1v) is 4.95. The van der Waals surface area contributed by atoms with E-state index >= 15 is 0 Å². The van der Waals surface area contributed by atoms with Crippen molar-refractivity contribution in [1.29, 1.82) is 0 Å². The molecule has 1 rings (SSSR count). The van der Waals surface area contributed by atoms with Gasteiger partial charge in [0.25, 0.3) is 0 Å². The second kappa shape index (κ2) is 11.6. The molecule has 0 fully saturated rings. The topological polar surface area (TPSA) is 42.0 Å². The van der Waals surface area contributed by atoms with Gasteiger partial charge in [0, 0.05) is 6.20 Å². The van der Waals surface area contributed by atoms with Gasteiger partial charge in [-0.15, -0.1) is 0 Å². The molecule has 0 radical (unpaired) electrons. The van der Waals surface area contributed by atoms with Crippen LogP contribution < -0.4 is 5.32 Å². The fraction of sp³-hybridized carbons (Fsp3) is 0.455. The summed E-state index contributed by atoms with van der Waals surface area (Å²) in [5, 5.41) is 2.51. The monoisotopic (exact) mass is 196 g/mol. The van der Waals surface area contributed by atoms with Gasteiger partial charge >= 0.3 is 0 Å². The molecule has 3 nitrogen and oxygen atoms in total. The largest absolute Gasteiger partial charge is 0.327 e. The Kier molecular flexibility index (Phi) is 12.5. The molecule has 0 aromatic carbocycles. The number of amides is 1. The van der Waals surface area contributed by atoms with Crippen LogP contribution in [0.3, 0.4) is 0 Å². The van der Waals surface area contributed by atoms with E-state index < -0.39 is 0 Å². The number of hydrogen-bond acceptors (Lipinski definition) is 2. The highest BCUT2D eigenvalue weighted by molar-refractivity contribution is 5.70. The summed E-state index contributed by atoms with van der Waals surface area (Å²) >= 11 is 0. The number of rotatable bonds is 2. The first-order chi connectivity index (χ1) is 6.83. The average molecular weight is 196 g/mol. The molecule has 0 spiro atoms. The first-order valence-electron chi connectivity index (χ1n) is 4.95. The van der Waals surface area contributed by atoms with Crippen LogP contribution >= 0.6 is 0 Å². The maximum atomic E-state index is 9.95. The van der Waals surface area contributed by atoms with Gasteiger partial charge in [-0.2, -0.15) is 0 Å². The summed E-state index contributed by atoms with van der Waals surface area (Å²) in [4.78, 5) is 13.8. The molecule has 0 aliphatic rings. The van der Waals surface area contributed by atoms with Crippen LogP contribution in [0.1, 0.15) is 33.3 Å². The molecule has 3 heteroatoms. The number of aryl methyl sites for hydroxylation is 1. The SMILES string of the molecule is CC.CC.Cc1cncc(NC=O)c1. The van der Waals surface area contributed by atoms with Crippen LogP contribution in [0.25, 0.3) is 0 Å². The third-order valence-corrected chi connectivity index (χ3v) is 1.10. The molecule has 1 aromatic heterocycles. The standard InChI is InChI=1S/C7H8N2O.2C2H6/c1-6-2-7(9-5-10)4-8-3-6;2*1-2/h2-5H,1H3,(H,9,10);2*1-2H3. The van der Waals surface area contributed by atoms with Gasteiger partial charge in [-0.3, -0.25) is 9.78 Å². The van der Waals surface area contributed by atoms with Crippen molar-refractivity contribution in [2.75, 3.05) is 5.32 Å². The van der Waals surface area contributed by atoms with Gasteiger partial charge in [0.2, 0.25) is 6.41 Å². The van der Waals surface area contributed by atoms with Crippen LogP contribution in [-0.2, 0) is 4.79 Å². The molecule has 1 N–H and O–H groups in total. The van der Waals surface area contributed by atoms with E-state index in [0.29, 0.717) is 6.41 Å². The Hall–Kier alpha value is -1.38. The molecule has 0 unspecified atom stereocenters. The van der Waals surface area contributed by atoms with Crippen molar-refractivity contribution in [2.45, 2.75) is 34.6 Å². The highest BCUT2D eigenvalue weighted by atomic mass is 16.1. The summed E-state index contributed by atoms with van der Waals surface area (Å²) in [7, 11) is 0. The first kappa shape index (κ1) is 15.1. The van der Waals surface area contributed by atoms with Crippen LogP contribution in [0.15, 0.2) is 18.5 Å². The molecular formula is C11H20N2O. The number of carbonyl (C=O) groups excluding carboxylic acids is 1. The molecule has 80 valence electrons. The van der Waals surface area contributed by atoms with Crippen molar-refractivity contribution in [2.24, 2.45) is 0 Å². The molecule has 0 aliphatic heterocycles. The van der Waals surface area contributed by atoms with Gasteiger partial charge in [0.05, 0.1) is 11.9 Å². The van der Waals surface area contributed by atoms with Crippen LogP contribution in [0.2, 0.25) is 0 Å². The number of nitrogens with one attached hydrogen (secondary N) is 1. The molecule has 1 heterocycles. The molecular weight excluding hydrogens is 176 g/mol. The smallest absolute Gasteiger partial charge is 0.211 e. The lowest BCUT2D eigenvalue weighted by Crippen LogP contribution is -1.94. The summed E-state index contributed by atoms with van der Waals surface area (Å²) < 4.78 is 0. The maximum Gasteiger partial charge on any atom is 0.211 e. The van der Waals surface area contributed by atoms with E-state index in [1.807, 2.05) is 40.7 Å².